The number of aliphatic hydroxyl groups is 1. The molecule has 0 spiro atoms. The molecule has 1 heterocycles. The number of carbonyl (C=O) groups excluding carboxylic acids is 2. The normalized spacial score (nSPS) is 16.2. The van der Waals surface area contributed by atoms with Gasteiger partial charge in [0.25, 0.3) is 0 Å². The smallest absolute Gasteiger partial charge is 0.326 e. The molecular weight excluding hydrogens is 370 g/mol. The Balaban J connectivity index is 0.00000204. The molecule has 160 valence electrons. The van der Waals surface area contributed by atoms with Gasteiger partial charge < -0.3 is 20.1 Å². The number of amidine groups is 1. The third-order valence-electron chi connectivity index (χ3n) is 3.81. The monoisotopic (exact) mass is 403 g/mol. The maximum absolute atomic E-state index is 12.1. The summed E-state index contributed by atoms with van der Waals surface area (Å²) in [5, 5.41) is 13.3. The fourth-order valence-electron chi connectivity index (χ4n) is 2.74. The van der Waals surface area contributed by atoms with Gasteiger partial charge in [-0.2, -0.15) is 0 Å². The van der Waals surface area contributed by atoms with Gasteiger partial charge in [0.15, 0.2) is 0 Å². The standard InChI is InChI=1S/C20H27N3O4.C2H6/c1-12-7-8-15(16(9-12)22-14(3)24)17-10-18(25)23(13(2)21-17)11-19(26)27-20(4,5)6;1-2/h7-10,18,25H,11H2,1-6H3,(H,22,24);1-2H3. The van der Waals surface area contributed by atoms with E-state index in [1.165, 1.54) is 11.8 Å². The molecule has 1 aromatic rings. The number of carbonyl (C=O) groups is 2. The van der Waals surface area contributed by atoms with Crippen LogP contribution in [0, 0.1) is 6.92 Å². The van der Waals surface area contributed by atoms with E-state index in [9.17, 15) is 14.7 Å². The van der Waals surface area contributed by atoms with Crippen LogP contribution in [0.4, 0.5) is 5.69 Å². The summed E-state index contributed by atoms with van der Waals surface area (Å²) in [4.78, 5) is 29.6. The third kappa shape index (κ3) is 7.34. The van der Waals surface area contributed by atoms with Crippen molar-refractivity contribution in [3.63, 3.8) is 0 Å². The van der Waals surface area contributed by atoms with Crippen LogP contribution in [0.25, 0.3) is 5.70 Å². The number of benzene rings is 1. The highest BCUT2D eigenvalue weighted by atomic mass is 16.6. The Bertz CT molecular complexity index is 807. The fourth-order valence-corrected chi connectivity index (χ4v) is 2.74. The van der Waals surface area contributed by atoms with Crippen LogP contribution in [-0.4, -0.2) is 46.1 Å². The number of anilines is 1. The number of rotatable bonds is 4. The number of esters is 1. The number of nitrogens with one attached hydrogen (secondary N) is 1. The van der Waals surface area contributed by atoms with E-state index in [1.807, 2.05) is 39.0 Å². The quantitative estimate of drug-likeness (QED) is 0.748. The fraction of sp³-hybridized carbons (Fsp3) is 0.500. The highest BCUT2D eigenvalue weighted by Gasteiger charge is 2.27. The summed E-state index contributed by atoms with van der Waals surface area (Å²) in [7, 11) is 0. The first-order valence-electron chi connectivity index (χ1n) is 9.78. The molecule has 1 atom stereocenters. The van der Waals surface area contributed by atoms with Gasteiger partial charge in [-0.1, -0.05) is 26.0 Å². The number of hydrogen-bond acceptors (Lipinski definition) is 6. The van der Waals surface area contributed by atoms with Crippen molar-refractivity contribution in [1.82, 2.24) is 4.90 Å². The topological polar surface area (TPSA) is 91.2 Å². The number of amides is 1. The summed E-state index contributed by atoms with van der Waals surface area (Å²) in [5.74, 6) is -0.145. The Hall–Kier alpha value is -2.67. The minimum Gasteiger partial charge on any atom is -0.459 e. The largest absolute Gasteiger partial charge is 0.459 e. The molecule has 2 N–H and O–H groups in total. The molecular formula is C22H33N3O4. The molecule has 0 saturated heterocycles. The summed E-state index contributed by atoms with van der Waals surface area (Å²) in [5.41, 5.74) is 2.25. The molecule has 1 unspecified atom stereocenters. The van der Waals surface area contributed by atoms with Gasteiger partial charge >= 0.3 is 5.97 Å². The van der Waals surface area contributed by atoms with Crippen molar-refractivity contribution in [3.05, 3.63) is 35.4 Å². The van der Waals surface area contributed by atoms with Crippen LogP contribution in [0.15, 0.2) is 29.3 Å². The Morgan fingerprint density at radius 2 is 1.86 bits per heavy atom. The summed E-state index contributed by atoms with van der Waals surface area (Å²) in [6, 6.07) is 5.60. The molecule has 0 bridgehead atoms. The zero-order chi connectivity index (χ0) is 22.4. The lowest BCUT2D eigenvalue weighted by Crippen LogP contribution is -2.44. The summed E-state index contributed by atoms with van der Waals surface area (Å²) < 4.78 is 5.31. The van der Waals surface area contributed by atoms with E-state index < -0.39 is 17.8 Å². The first kappa shape index (κ1) is 24.4. The Morgan fingerprint density at radius 1 is 1.24 bits per heavy atom. The summed E-state index contributed by atoms with van der Waals surface area (Å²) in [6.07, 6.45) is 0.518. The molecule has 0 fully saturated rings. The van der Waals surface area contributed by atoms with Crippen LogP contribution in [0.3, 0.4) is 0 Å². The van der Waals surface area contributed by atoms with Crippen molar-refractivity contribution >= 4 is 29.1 Å². The molecule has 1 amide bonds. The van der Waals surface area contributed by atoms with Gasteiger partial charge in [-0.3, -0.25) is 9.59 Å². The van der Waals surface area contributed by atoms with E-state index >= 15 is 0 Å². The van der Waals surface area contributed by atoms with Crippen LogP contribution in [-0.2, 0) is 14.3 Å². The predicted molar refractivity (Wildman–Crippen MR) is 116 cm³/mol. The van der Waals surface area contributed by atoms with Gasteiger partial charge in [0.1, 0.15) is 24.2 Å². The van der Waals surface area contributed by atoms with E-state index in [2.05, 4.69) is 10.3 Å². The lowest BCUT2D eigenvalue weighted by Gasteiger charge is -2.32. The lowest BCUT2D eigenvalue weighted by molar-refractivity contribution is -0.156. The van der Waals surface area contributed by atoms with Crippen molar-refractivity contribution < 1.29 is 19.4 Å². The van der Waals surface area contributed by atoms with Crippen LogP contribution in [0.2, 0.25) is 0 Å². The van der Waals surface area contributed by atoms with Gasteiger partial charge in [-0.15, -0.1) is 0 Å². The van der Waals surface area contributed by atoms with Gasteiger partial charge in [-0.05, 0) is 52.3 Å². The van der Waals surface area contributed by atoms with Crippen LogP contribution >= 0.6 is 0 Å². The van der Waals surface area contributed by atoms with E-state index in [4.69, 9.17) is 4.74 Å². The van der Waals surface area contributed by atoms with Gasteiger partial charge in [0.05, 0.1) is 11.4 Å². The maximum Gasteiger partial charge on any atom is 0.326 e. The van der Waals surface area contributed by atoms with Crippen LogP contribution in [0.5, 0.6) is 0 Å². The molecule has 29 heavy (non-hydrogen) atoms. The average Bonchev–Trinajstić information content (AvgIpc) is 2.58. The van der Waals surface area contributed by atoms with Crippen molar-refractivity contribution in [2.75, 3.05) is 11.9 Å². The number of aliphatic imine (C=N–C) groups is 1. The Morgan fingerprint density at radius 3 is 2.38 bits per heavy atom. The lowest BCUT2D eigenvalue weighted by atomic mass is 10.0. The summed E-state index contributed by atoms with van der Waals surface area (Å²) in [6.45, 7) is 14.3. The third-order valence-corrected chi connectivity index (χ3v) is 3.81. The zero-order valence-electron chi connectivity index (χ0n) is 18.7. The van der Waals surface area contributed by atoms with E-state index in [-0.39, 0.29) is 12.5 Å². The molecule has 0 radical (unpaired) electrons. The molecule has 7 nitrogen and oxygen atoms in total. The molecule has 1 aliphatic rings. The minimum absolute atomic E-state index is 0.107. The molecule has 0 saturated carbocycles. The van der Waals surface area contributed by atoms with Crippen molar-refractivity contribution in [1.29, 1.82) is 0 Å². The first-order valence-corrected chi connectivity index (χ1v) is 9.78. The molecule has 1 aliphatic heterocycles. The molecule has 7 heteroatoms. The minimum atomic E-state index is -1.03. The predicted octanol–water partition coefficient (Wildman–Crippen LogP) is 3.71. The molecule has 0 aromatic heterocycles. The zero-order valence-corrected chi connectivity index (χ0v) is 18.7. The Labute approximate surface area is 173 Å². The van der Waals surface area contributed by atoms with Crippen molar-refractivity contribution in [3.8, 4) is 0 Å². The first-order chi connectivity index (χ1) is 13.5. The maximum atomic E-state index is 12.1. The second kappa shape index (κ2) is 10.2. The molecule has 0 aliphatic carbocycles. The van der Waals surface area contributed by atoms with E-state index in [0.717, 1.165) is 5.56 Å². The number of ether oxygens (including phenoxy) is 1. The second-order valence-corrected chi connectivity index (χ2v) is 7.57. The van der Waals surface area contributed by atoms with Crippen molar-refractivity contribution in [2.45, 2.75) is 67.2 Å². The highest BCUT2D eigenvalue weighted by Crippen LogP contribution is 2.29. The van der Waals surface area contributed by atoms with Gasteiger partial charge in [0, 0.05) is 12.5 Å². The summed E-state index contributed by atoms with van der Waals surface area (Å²) >= 11 is 0. The number of nitrogens with zero attached hydrogens (tertiary/aromatic N) is 2. The molecule has 2 rings (SSSR count). The van der Waals surface area contributed by atoms with Crippen LogP contribution in [0.1, 0.15) is 59.6 Å². The van der Waals surface area contributed by atoms with Crippen LogP contribution < -0.4 is 5.32 Å². The van der Waals surface area contributed by atoms with E-state index in [0.29, 0.717) is 22.8 Å². The highest BCUT2D eigenvalue weighted by molar-refractivity contribution is 5.96. The SMILES string of the molecule is CC.CC(=O)Nc1cc(C)ccc1C1=CC(O)N(CC(=O)OC(C)(C)C)C(C)=N1. The van der Waals surface area contributed by atoms with E-state index in [1.54, 1.807) is 33.8 Å². The van der Waals surface area contributed by atoms with Crippen molar-refractivity contribution in [2.24, 2.45) is 4.99 Å². The van der Waals surface area contributed by atoms with Gasteiger partial charge in [0.2, 0.25) is 5.91 Å². The second-order valence-electron chi connectivity index (χ2n) is 7.57. The molecule has 1 aromatic carbocycles. The number of hydrogen-bond donors (Lipinski definition) is 2. The number of aliphatic hydroxyl groups excluding tert-OH is 1. The average molecular weight is 404 g/mol. The van der Waals surface area contributed by atoms with Gasteiger partial charge in [-0.25, -0.2) is 4.99 Å². The Kier molecular flexibility index (Phi) is 8.58. The number of aryl methyl sites for hydroxylation is 1.